The number of hydrogen-bond donors (Lipinski definition) is 1. The van der Waals surface area contributed by atoms with Crippen LogP contribution in [0.15, 0.2) is 46.1 Å². The Hall–Kier alpha value is -2.60. The summed E-state index contributed by atoms with van der Waals surface area (Å²) in [6, 6.07) is 9.19. The number of anilines is 1. The van der Waals surface area contributed by atoms with Crippen LogP contribution in [0.3, 0.4) is 0 Å². The molecule has 2 heterocycles. The predicted octanol–water partition coefficient (Wildman–Crippen LogP) is 1.90. The molecule has 0 unspecified atom stereocenters. The van der Waals surface area contributed by atoms with Crippen molar-refractivity contribution in [1.82, 2.24) is 14.1 Å². The molecular weight excluding hydrogens is 316 g/mol. The molecule has 0 aliphatic heterocycles. The van der Waals surface area contributed by atoms with Gasteiger partial charge in [-0.25, -0.2) is 9.78 Å². The highest BCUT2D eigenvalue weighted by molar-refractivity contribution is 6.31. The minimum Gasteiger partial charge on any atom is -0.380 e. The third kappa shape index (κ3) is 2.61. The van der Waals surface area contributed by atoms with Gasteiger partial charge < -0.3 is 5.32 Å². The molecule has 1 N–H and O–H groups in total. The summed E-state index contributed by atoms with van der Waals surface area (Å²) in [6.07, 6.45) is 1.57. The van der Waals surface area contributed by atoms with E-state index in [2.05, 4.69) is 10.3 Å². The summed E-state index contributed by atoms with van der Waals surface area (Å²) in [5.41, 5.74) is 1.10. The number of halogens is 1. The molecule has 2 aromatic heterocycles. The van der Waals surface area contributed by atoms with E-state index in [1.54, 1.807) is 19.3 Å². The van der Waals surface area contributed by atoms with E-state index in [1.807, 2.05) is 24.3 Å². The first-order valence-corrected chi connectivity index (χ1v) is 7.40. The standard InChI is InChI=1S/C16H15ClN4O2/c1-20-14-13(15(22)21(2)16(20)23)12(7-8-18-14)19-9-10-5-3-4-6-11(10)17/h3-8H,9H2,1-2H3,(H,18,19). The van der Waals surface area contributed by atoms with Gasteiger partial charge in [-0.3, -0.25) is 13.9 Å². The third-order valence-electron chi connectivity index (χ3n) is 3.77. The van der Waals surface area contributed by atoms with Crippen molar-refractivity contribution in [2.75, 3.05) is 5.32 Å². The van der Waals surface area contributed by atoms with E-state index in [4.69, 9.17) is 11.6 Å². The maximum Gasteiger partial charge on any atom is 0.332 e. The quantitative estimate of drug-likeness (QED) is 0.796. The topological polar surface area (TPSA) is 68.9 Å². The zero-order valence-electron chi connectivity index (χ0n) is 12.7. The molecule has 7 heteroatoms. The second kappa shape index (κ2) is 5.89. The predicted molar refractivity (Wildman–Crippen MR) is 91.0 cm³/mol. The van der Waals surface area contributed by atoms with Gasteiger partial charge in [-0.15, -0.1) is 0 Å². The summed E-state index contributed by atoms with van der Waals surface area (Å²) in [5.74, 6) is 0. The second-order valence-electron chi connectivity index (χ2n) is 5.21. The van der Waals surface area contributed by atoms with Crippen molar-refractivity contribution in [2.24, 2.45) is 14.1 Å². The molecular formula is C16H15ClN4O2. The molecule has 23 heavy (non-hydrogen) atoms. The molecule has 0 saturated heterocycles. The molecule has 0 spiro atoms. The van der Waals surface area contributed by atoms with Crippen LogP contribution in [-0.2, 0) is 20.6 Å². The van der Waals surface area contributed by atoms with Gasteiger partial charge in [-0.05, 0) is 17.7 Å². The number of pyridine rings is 1. The lowest BCUT2D eigenvalue weighted by Crippen LogP contribution is -2.37. The Morgan fingerprint density at radius 1 is 1.13 bits per heavy atom. The summed E-state index contributed by atoms with van der Waals surface area (Å²) in [5, 5.41) is 4.24. The van der Waals surface area contributed by atoms with Crippen LogP contribution in [0.1, 0.15) is 5.56 Å². The minimum absolute atomic E-state index is 0.349. The molecule has 3 aromatic rings. The summed E-state index contributed by atoms with van der Waals surface area (Å²) in [6.45, 7) is 0.463. The molecule has 0 fully saturated rings. The zero-order valence-corrected chi connectivity index (χ0v) is 13.5. The van der Waals surface area contributed by atoms with E-state index in [0.717, 1.165) is 10.1 Å². The second-order valence-corrected chi connectivity index (χ2v) is 5.62. The van der Waals surface area contributed by atoms with Crippen molar-refractivity contribution < 1.29 is 0 Å². The Labute approximate surface area is 137 Å². The molecule has 118 valence electrons. The first-order valence-electron chi connectivity index (χ1n) is 7.02. The third-order valence-corrected chi connectivity index (χ3v) is 4.14. The minimum atomic E-state index is -0.404. The van der Waals surface area contributed by atoms with Gasteiger partial charge in [-0.1, -0.05) is 29.8 Å². The Bertz CT molecular complexity index is 1010. The molecule has 0 aliphatic rings. The van der Waals surface area contributed by atoms with Gasteiger partial charge in [0.15, 0.2) is 5.65 Å². The molecule has 3 rings (SSSR count). The summed E-state index contributed by atoms with van der Waals surface area (Å²) in [7, 11) is 3.05. The van der Waals surface area contributed by atoms with Crippen LogP contribution in [0.2, 0.25) is 5.02 Å². The smallest absolute Gasteiger partial charge is 0.332 e. The van der Waals surface area contributed by atoms with Crippen LogP contribution in [0.25, 0.3) is 11.0 Å². The highest BCUT2D eigenvalue weighted by Crippen LogP contribution is 2.20. The number of fused-ring (bicyclic) bond motifs is 1. The molecule has 0 saturated carbocycles. The summed E-state index contributed by atoms with van der Waals surface area (Å²) < 4.78 is 2.43. The van der Waals surface area contributed by atoms with E-state index in [0.29, 0.717) is 28.3 Å². The molecule has 0 radical (unpaired) electrons. The molecule has 1 aromatic carbocycles. The SMILES string of the molecule is Cn1c(=O)c2c(NCc3ccccc3Cl)ccnc2n(C)c1=O. The Kier molecular flexibility index (Phi) is 3.92. The zero-order chi connectivity index (χ0) is 16.6. The maximum absolute atomic E-state index is 12.4. The number of aromatic nitrogens is 3. The monoisotopic (exact) mass is 330 g/mol. The lowest BCUT2D eigenvalue weighted by Gasteiger charge is -2.12. The molecule has 0 atom stereocenters. The fraction of sp³-hybridized carbons (Fsp3) is 0.188. The van der Waals surface area contributed by atoms with Gasteiger partial charge >= 0.3 is 5.69 Å². The Morgan fingerprint density at radius 3 is 2.61 bits per heavy atom. The van der Waals surface area contributed by atoms with Crippen LogP contribution in [0.5, 0.6) is 0 Å². The normalized spacial score (nSPS) is 10.9. The Morgan fingerprint density at radius 2 is 1.87 bits per heavy atom. The summed E-state index contributed by atoms with van der Waals surface area (Å²) >= 11 is 6.15. The largest absolute Gasteiger partial charge is 0.380 e. The van der Waals surface area contributed by atoms with Crippen molar-refractivity contribution in [1.29, 1.82) is 0 Å². The van der Waals surface area contributed by atoms with Crippen molar-refractivity contribution in [3.63, 3.8) is 0 Å². The molecule has 0 amide bonds. The van der Waals surface area contributed by atoms with Crippen LogP contribution in [-0.4, -0.2) is 14.1 Å². The van der Waals surface area contributed by atoms with E-state index in [9.17, 15) is 9.59 Å². The lowest BCUT2D eigenvalue weighted by molar-refractivity contribution is 0.708. The Balaban J connectivity index is 2.11. The van der Waals surface area contributed by atoms with Gasteiger partial charge in [0, 0.05) is 31.9 Å². The van der Waals surface area contributed by atoms with Gasteiger partial charge in [0.1, 0.15) is 5.39 Å². The van der Waals surface area contributed by atoms with Crippen LogP contribution in [0, 0.1) is 0 Å². The van der Waals surface area contributed by atoms with Crippen LogP contribution < -0.4 is 16.6 Å². The fourth-order valence-electron chi connectivity index (χ4n) is 2.47. The number of rotatable bonds is 3. The fourth-order valence-corrected chi connectivity index (χ4v) is 2.67. The lowest BCUT2D eigenvalue weighted by atomic mass is 10.2. The summed E-state index contributed by atoms with van der Waals surface area (Å²) in [4.78, 5) is 28.6. The molecule has 0 aliphatic carbocycles. The van der Waals surface area contributed by atoms with E-state index in [1.165, 1.54) is 11.6 Å². The van der Waals surface area contributed by atoms with Gasteiger partial charge in [-0.2, -0.15) is 0 Å². The highest BCUT2D eigenvalue weighted by atomic mass is 35.5. The maximum atomic E-state index is 12.4. The van der Waals surface area contributed by atoms with Crippen LogP contribution >= 0.6 is 11.6 Å². The first kappa shape index (κ1) is 15.3. The number of benzene rings is 1. The van der Waals surface area contributed by atoms with Crippen molar-refractivity contribution in [2.45, 2.75) is 6.54 Å². The highest BCUT2D eigenvalue weighted by Gasteiger charge is 2.13. The average Bonchev–Trinajstić information content (AvgIpc) is 2.57. The van der Waals surface area contributed by atoms with Gasteiger partial charge in [0.05, 0.1) is 5.69 Å². The van der Waals surface area contributed by atoms with Crippen LogP contribution in [0.4, 0.5) is 5.69 Å². The molecule has 6 nitrogen and oxygen atoms in total. The van der Waals surface area contributed by atoms with E-state index < -0.39 is 5.69 Å². The number of hydrogen-bond acceptors (Lipinski definition) is 4. The first-order chi connectivity index (χ1) is 11.0. The van der Waals surface area contributed by atoms with Gasteiger partial charge in [0.25, 0.3) is 5.56 Å². The number of nitrogens with zero attached hydrogens (tertiary/aromatic N) is 3. The average molecular weight is 331 g/mol. The molecule has 0 bridgehead atoms. The van der Waals surface area contributed by atoms with Crippen molar-refractivity contribution in [3.05, 3.63) is 68.0 Å². The number of nitrogens with one attached hydrogen (secondary N) is 1. The van der Waals surface area contributed by atoms with E-state index >= 15 is 0 Å². The van der Waals surface area contributed by atoms with Gasteiger partial charge in [0.2, 0.25) is 0 Å². The number of aryl methyl sites for hydroxylation is 1. The van der Waals surface area contributed by atoms with Crippen molar-refractivity contribution in [3.8, 4) is 0 Å². The van der Waals surface area contributed by atoms with E-state index in [-0.39, 0.29) is 5.56 Å². The van der Waals surface area contributed by atoms with Crippen molar-refractivity contribution >= 4 is 28.3 Å².